The van der Waals surface area contributed by atoms with Crippen molar-refractivity contribution in [2.45, 2.75) is 6.54 Å². The Hall–Kier alpha value is -3.35. The topological polar surface area (TPSA) is 103 Å². The standard InChI is InChI=1S/C20H22N6/c21-17-10-6-15(7-11-17)14-24-18-12-8-16(9-13-18)20(22)26(25-23)19-4-2-1-3-5-19/h1-13,22,24-25H,14,21,23H2. The molecule has 0 radical (unpaired) electrons. The van der Waals surface area contributed by atoms with Gasteiger partial charge in [-0.25, -0.2) is 5.01 Å². The SMILES string of the molecule is N=C(c1ccc(NCc2ccc(N)cc2)cc1)N(NN)c1ccccc1. The number of hydrazine groups is 2. The molecular formula is C20H22N6. The molecule has 0 aliphatic carbocycles. The third-order valence-electron chi connectivity index (χ3n) is 4.00. The Labute approximate surface area is 152 Å². The molecule has 0 heterocycles. The van der Waals surface area contributed by atoms with Crippen LogP contribution in [-0.2, 0) is 6.54 Å². The Morgan fingerprint density at radius 3 is 2.15 bits per heavy atom. The molecule has 6 heteroatoms. The highest BCUT2D eigenvalue weighted by Crippen LogP contribution is 2.17. The van der Waals surface area contributed by atoms with Crippen molar-refractivity contribution in [3.63, 3.8) is 0 Å². The molecule has 0 fully saturated rings. The molecule has 3 rings (SSSR count). The lowest BCUT2D eigenvalue weighted by atomic mass is 10.1. The zero-order chi connectivity index (χ0) is 18.4. The van der Waals surface area contributed by atoms with Gasteiger partial charge in [0, 0.05) is 23.5 Å². The summed E-state index contributed by atoms with van der Waals surface area (Å²) in [7, 11) is 0. The molecule has 0 bridgehead atoms. The van der Waals surface area contributed by atoms with Gasteiger partial charge in [-0.15, -0.1) is 0 Å². The summed E-state index contributed by atoms with van der Waals surface area (Å²) in [5.41, 5.74) is 12.7. The van der Waals surface area contributed by atoms with E-state index in [0.29, 0.717) is 6.54 Å². The van der Waals surface area contributed by atoms with Crippen LogP contribution in [0.3, 0.4) is 0 Å². The molecule has 0 aromatic heterocycles. The molecule has 0 saturated heterocycles. The van der Waals surface area contributed by atoms with Crippen LogP contribution in [0, 0.1) is 5.41 Å². The van der Waals surface area contributed by atoms with Gasteiger partial charge in [0.25, 0.3) is 0 Å². The fourth-order valence-electron chi connectivity index (χ4n) is 2.56. The summed E-state index contributed by atoms with van der Waals surface area (Å²) < 4.78 is 0. The van der Waals surface area contributed by atoms with E-state index < -0.39 is 0 Å². The number of para-hydroxylation sites is 1. The van der Waals surface area contributed by atoms with Gasteiger partial charge in [0.05, 0.1) is 5.69 Å². The van der Waals surface area contributed by atoms with Crippen molar-refractivity contribution in [3.05, 3.63) is 90.0 Å². The predicted octanol–water partition coefficient (Wildman–Crippen LogP) is 3.09. The lowest BCUT2D eigenvalue weighted by Gasteiger charge is -2.23. The van der Waals surface area contributed by atoms with Gasteiger partial charge >= 0.3 is 0 Å². The molecule has 132 valence electrons. The van der Waals surface area contributed by atoms with Crippen molar-refractivity contribution in [2.75, 3.05) is 16.1 Å². The van der Waals surface area contributed by atoms with E-state index in [1.165, 1.54) is 5.01 Å². The van der Waals surface area contributed by atoms with E-state index in [-0.39, 0.29) is 5.84 Å². The van der Waals surface area contributed by atoms with Gasteiger partial charge in [0.2, 0.25) is 0 Å². The highest BCUT2D eigenvalue weighted by molar-refractivity contribution is 6.07. The minimum atomic E-state index is 0.267. The maximum absolute atomic E-state index is 8.40. The number of nitrogens with zero attached hydrogens (tertiary/aromatic N) is 1. The summed E-state index contributed by atoms with van der Waals surface area (Å²) in [4.78, 5) is 0. The monoisotopic (exact) mass is 346 g/mol. The van der Waals surface area contributed by atoms with Crippen LogP contribution >= 0.6 is 0 Å². The van der Waals surface area contributed by atoms with Crippen molar-refractivity contribution in [2.24, 2.45) is 5.84 Å². The number of hydrogen-bond donors (Lipinski definition) is 5. The van der Waals surface area contributed by atoms with Crippen LogP contribution < -0.4 is 27.4 Å². The zero-order valence-electron chi connectivity index (χ0n) is 14.3. The number of anilines is 3. The molecule has 0 saturated carbocycles. The maximum atomic E-state index is 8.40. The fourth-order valence-corrected chi connectivity index (χ4v) is 2.56. The summed E-state index contributed by atoms with van der Waals surface area (Å²) in [6.07, 6.45) is 0. The second-order valence-electron chi connectivity index (χ2n) is 5.82. The van der Waals surface area contributed by atoms with Crippen molar-refractivity contribution in [3.8, 4) is 0 Å². The Kier molecular flexibility index (Phi) is 5.48. The van der Waals surface area contributed by atoms with Crippen LogP contribution in [0.5, 0.6) is 0 Å². The highest BCUT2D eigenvalue weighted by Gasteiger charge is 2.12. The molecule has 0 unspecified atom stereocenters. The average Bonchev–Trinajstić information content (AvgIpc) is 2.69. The Balaban J connectivity index is 1.66. The number of benzene rings is 3. The van der Waals surface area contributed by atoms with Crippen molar-refractivity contribution in [1.29, 1.82) is 5.41 Å². The predicted molar refractivity (Wildman–Crippen MR) is 108 cm³/mol. The van der Waals surface area contributed by atoms with Crippen LogP contribution in [0.2, 0.25) is 0 Å². The molecule has 0 aliphatic rings. The van der Waals surface area contributed by atoms with Crippen molar-refractivity contribution >= 4 is 22.9 Å². The third-order valence-corrected chi connectivity index (χ3v) is 4.00. The lowest BCUT2D eigenvalue weighted by molar-refractivity contribution is 0.773. The number of rotatable bonds is 6. The van der Waals surface area contributed by atoms with Gasteiger partial charge in [0.1, 0.15) is 5.84 Å². The highest BCUT2D eigenvalue weighted by atomic mass is 15.6. The molecule has 0 atom stereocenters. The molecule has 0 spiro atoms. The summed E-state index contributed by atoms with van der Waals surface area (Å²) in [5, 5.41) is 13.3. The quantitative estimate of drug-likeness (QED) is 0.155. The van der Waals surface area contributed by atoms with Gasteiger partial charge in [-0.05, 0) is 54.1 Å². The Morgan fingerprint density at radius 1 is 0.885 bits per heavy atom. The lowest BCUT2D eigenvalue weighted by Crippen LogP contribution is -2.47. The molecule has 0 amide bonds. The van der Waals surface area contributed by atoms with E-state index >= 15 is 0 Å². The minimum absolute atomic E-state index is 0.267. The summed E-state index contributed by atoms with van der Waals surface area (Å²) in [6.45, 7) is 0.706. The molecule has 0 aliphatic heterocycles. The molecule has 3 aromatic rings. The first-order valence-electron chi connectivity index (χ1n) is 8.26. The number of nitrogens with one attached hydrogen (secondary N) is 3. The first-order chi connectivity index (χ1) is 12.7. The maximum Gasteiger partial charge on any atom is 0.148 e. The van der Waals surface area contributed by atoms with Crippen LogP contribution in [0.25, 0.3) is 0 Å². The molecule has 6 nitrogen and oxygen atoms in total. The van der Waals surface area contributed by atoms with E-state index in [2.05, 4.69) is 10.9 Å². The van der Waals surface area contributed by atoms with Crippen LogP contribution in [-0.4, -0.2) is 5.84 Å². The van der Waals surface area contributed by atoms with E-state index in [1.807, 2.05) is 78.9 Å². The Bertz CT molecular complexity index is 844. The largest absolute Gasteiger partial charge is 0.399 e. The van der Waals surface area contributed by atoms with Gasteiger partial charge in [-0.1, -0.05) is 30.3 Å². The molecule has 3 aromatic carbocycles. The molecule has 7 N–H and O–H groups in total. The average molecular weight is 346 g/mol. The zero-order valence-corrected chi connectivity index (χ0v) is 14.3. The van der Waals surface area contributed by atoms with Crippen LogP contribution in [0.1, 0.15) is 11.1 Å². The normalized spacial score (nSPS) is 10.3. The summed E-state index contributed by atoms with van der Waals surface area (Å²) >= 11 is 0. The molecule has 26 heavy (non-hydrogen) atoms. The van der Waals surface area contributed by atoms with Crippen LogP contribution in [0.15, 0.2) is 78.9 Å². The second kappa shape index (κ2) is 8.15. The number of hydrogen-bond acceptors (Lipinski definition) is 5. The number of nitrogen functional groups attached to an aromatic ring is 1. The van der Waals surface area contributed by atoms with E-state index in [4.69, 9.17) is 17.0 Å². The van der Waals surface area contributed by atoms with Crippen molar-refractivity contribution < 1.29 is 0 Å². The first-order valence-corrected chi connectivity index (χ1v) is 8.26. The summed E-state index contributed by atoms with van der Waals surface area (Å²) in [5.74, 6) is 5.88. The van der Waals surface area contributed by atoms with Crippen LogP contribution in [0.4, 0.5) is 17.1 Å². The molecular weight excluding hydrogens is 324 g/mol. The van der Waals surface area contributed by atoms with Gasteiger partial charge in [0.15, 0.2) is 0 Å². The minimum Gasteiger partial charge on any atom is -0.399 e. The summed E-state index contributed by atoms with van der Waals surface area (Å²) in [6, 6.07) is 24.9. The third kappa shape index (κ3) is 4.18. The number of nitrogens with two attached hydrogens (primary N) is 2. The fraction of sp³-hybridized carbons (Fsp3) is 0.0500. The van der Waals surface area contributed by atoms with E-state index in [0.717, 1.165) is 28.2 Å². The van der Waals surface area contributed by atoms with Gasteiger partial charge < -0.3 is 11.1 Å². The smallest absolute Gasteiger partial charge is 0.148 e. The first kappa shape index (κ1) is 17.5. The number of amidine groups is 1. The second-order valence-corrected chi connectivity index (χ2v) is 5.82. The van der Waals surface area contributed by atoms with Gasteiger partial charge in [-0.2, -0.15) is 5.53 Å². The van der Waals surface area contributed by atoms with Crippen molar-refractivity contribution in [1.82, 2.24) is 5.53 Å². The Morgan fingerprint density at radius 2 is 1.54 bits per heavy atom. The van der Waals surface area contributed by atoms with E-state index in [1.54, 1.807) is 0 Å². The van der Waals surface area contributed by atoms with Gasteiger partial charge in [-0.3, -0.25) is 11.3 Å². The van der Waals surface area contributed by atoms with E-state index in [9.17, 15) is 0 Å².